The van der Waals surface area contributed by atoms with Crippen LogP contribution in [0.3, 0.4) is 0 Å². The second kappa shape index (κ2) is 38.1. The van der Waals surface area contributed by atoms with Gasteiger partial charge in [-0.1, -0.05) is 202 Å². The van der Waals surface area contributed by atoms with Gasteiger partial charge in [-0.3, -0.25) is 14.4 Å². The maximum Gasteiger partial charge on any atom is 0.306 e. The normalized spacial score (nSPS) is 12.1. The van der Waals surface area contributed by atoms with Gasteiger partial charge >= 0.3 is 17.9 Å². The van der Waals surface area contributed by atoms with E-state index in [4.69, 9.17) is 14.2 Å². The Balaban J connectivity index is 4.26. The first-order valence-electron chi connectivity index (χ1n) is 22.2. The molecule has 0 heterocycles. The second-order valence-corrected chi connectivity index (χ2v) is 16.3. The molecule has 0 amide bonds. The number of carbonyl (C=O) groups excluding carboxylic acids is 3. The van der Waals surface area contributed by atoms with E-state index in [0.717, 1.165) is 69.6 Å². The fraction of sp³-hybridized carbons (Fsp3) is 0.933. The lowest BCUT2D eigenvalue weighted by Crippen LogP contribution is -2.30. The van der Waals surface area contributed by atoms with Crippen molar-refractivity contribution in [2.24, 2.45) is 11.8 Å². The van der Waals surface area contributed by atoms with E-state index in [1.807, 2.05) is 0 Å². The molecule has 0 saturated carbocycles. The molecule has 0 rings (SSSR count). The van der Waals surface area contributed by atoms with Gasteiger partial charge in [-0.2, -0.15) is 0 Å². The smallest absolute Gasteiger partial charge is 0.306 e. The molecule has 1 atom stereocenters. The Kier molecular flexibility index (Phi) is 37.0. The van der Waals surface area contributed by atoms with Crippen molar-refractivity contribution in [1.82, 2.24) is 0 Å². The molecule has 6 heteroatoms. The van der Waals surface area contributed by atoms with Gasteiger partial charge in [0.05, 0.1) is 0 Å². The molecule has 0 fully saturated rings. The molecular weight excluding hydrogens is 636 g/mol. The van der Waals surface area contributed by atoms with Gasteiger partial charge in [0.2, 0.25) is 0 Å². The summed E-state index contributed by atoms with van der Waals surface area (Å²) in [5.74, 6) is 0.761. The molecule has 6 nitrogen and oxygen atoms in total. The van der Waals surface area contributed by atoms with E-state index in [-0.39, 0.29) is 31.1 Å². The summed E-state index contributed by atoms with van der Waals surface area (Å²) in [7, 11) is 0. The highest BCUT2D eigenvalue weighted by Gasteiger charge is 2.19. The summed E-state index contributed by atoms with van der Waals surface area (Å²) in [6.45, 7) is 11.3. The molecule has 0 aliphatic carbocycles. The Bertz CT molecular complexity index is 779. The zero-order valence-electron chi connectivity index (χ0n) is 34.7. The summed E-state index contributed by atoms with van der Waals surface area (Å²) >= 11 is 0. The van der Waals surface area contributed by atoms with Crippen molar-refractivity contribution in [3.63, 3.8) is 0 Å². The summed E-state index contributed by atoms with van der Waals surface area (Å²) in [5.41, 5.74) is 0. The number of esters is 3. The molecular formula is C45H86O6. The third kappa shape index (κ3) is 39.5. The lowest BCUT2D eigenvalue weighted by atomic mass is 10.0. The Morgan fingerprint density at radius 1 is 0.373 bits per heavy atom. The van der Waals surface area contributed by atoms with Gasteiger partial charge in [-0.15, -0.1) is 0 Å². The maximum absolute atomic E-state index is 12.6. The van der Waals surface area contributed by atoms with Crippen molar-refractivity contribution in [3.8, 4) is 0 Å². The quantitative estimate of drug-likeness (QED) is 0.0357. The van der Waals surface area contributed by atoms with E-state index in [1.54, 1.807) is 0 Å². The third-order valence-electron chi connectivity index (χ3n) is 9.97. The summed E-state index contributed by atoms with van der Waals surface area (Å²) in [6, 6.07) is 0. The molecule has 0 N–H and O–H groups in total. The largest absolute Gasteiger partial charge is 0.462 e. The van der Waals surface area contributed by atoms with Crippen LogP contribution in [0.4, 0.5) is 0 Å². The van der Waals surface area contributed by atoms with E-state index < -0.39 is 6.10 Å². The van der Waals surface area contributed by atoms with E-state index in [2.05, 4.69) is 34.6 Å². The molecule has 0 radical (unpaired) electrons. The van der Waals surface area contributed by atoms with Crippen LogP contribution in [0, 0.1) is 11.8 Å². The molecule has 0 bridgehead atoms. The monoisotopic (exact) mass is 723 g/mol. The SMILES string of the molecule is CCCCCCCCCC(=O)OC[C@H](COC(=O)CCCCCCCCCCCCCCC(C)C)OC(=O)CCCCCCCCCCC(C)C. The molecule has 0 aromatic heterocycles. The lowest BCUT2D eigenvalue weighted by molar-refractivity contribution is -0.167. The number of hydrogen-bond acceptors (Lipinski definition) is 6. The van der Waals surface area contributed by atoms with Crippen LogP contribution in [0.1, 0.15) is 240 Å². The van der Waals surface area contributed by atoms with E-state index in [0.29, 0.717) is 19.3 Å². The van der Waals surface area contributed by atoms with Crippen LogP contribution in [0.15, 0.2) is 0 Å². The average Bonchev–Trinajstić information content (AvgIpc) is 3.09. The highest BCUT2D eigenvalue weighted by atomic mass is 16.6. The van der Waals surface area contributed by atoms with Gasteiger partial charge in [-0.25, -0.2) is 0 Å². The lowest BCUT2D eigenvalue weighted by Gasteiger charge is -2.18. The minimum absolute atomic E-state index is 0.0657. The minimum Gasteiger partial charge on any atom is -0.462 e. The fourth-order valence-corrected chi connectivity index (χ4v) is 6.58. The minimum atomic E-state index is -0.759. The Morgan fingerprint density at radius 2 is 0.647 bits per heavy atom. The summed E-state index contributed by atoms with van der Waals surface area (Å²) in [6.07, 6.45) is 35.3. The van der Waals surface area contributed by atoms with Crippen LogP contribution in [0.2, 0.25) is 0 Å². The zero-order chi connectivity index (χ0) is 37.6. The molecule has 0 aromatic carbocycles. The first-order chi connectivity index (χ1) is 24.7. The van der Waals surface area contributed by atoms with Crippen molar-refractivity contribution >= 4 is 17.9 Å². The van der Waals surface area contributed by atoms with Crippen LogP contribution in [0.25, 0.3) is 0 Å². The number of hydrogen-bond donors (Lipinski definition) is 0. The summed E-state index contributed by atoms with van der Waals surface area (Å²) in [5, 5.41) is 0. The Hall–Kier alpha value is -1.59. The van der Waals surface area contributed by atoms with E-state index in [9.17, 15) is 14.4 Å². The third-order valence-corrected chi connectivity index (χ3v) is 9.97. The van der Waals surface area contributed by atoms with Gasteiger partial charge in [0.15, 0.2) is 6.10 Å². The Morgan fingerprint density at radius 3 is 0.961 bits per heavy atom. The highest BCUT2D eigenvalue weighted by molar-refractivity contribution is 5.71. The van der Waals surface area contributed by atoms with E-state index in [1.165, 1.54) is 128 Å². The molecule has 0 unspecified atom stereocenters. The van der Waals surface area contributed by atoms with Crippen molar-refractivity contribution in [2.45, 2.75) is 246 Å². The van der Waals surface area contributed by atoms with Crippen LogP contribution in [0.5, 0.6) is 0 Å². The standard InChI is InChI=1S/C45H86O6/c1-6-7-8-9-18-25-30-35-43(46)49-38-42(51-45(48)37-32-27-22-17-16-20-24-29-34-41(4)5)39-50-44(47)36-31-26-21-15-13-11-10-12-14-19-23-28-33-40(2)3/h40-42H,6-39H2,1-5H3/t42-/m1/s1. The predicted octanol–water partition coefficient (Wildman–Crippen LogP) is 13.8. The van der Waals surface area contributed by atoms with Gasteiger partial charge in [0.1, 0.15) is 13.2 Å². The zero-order valence-corrected chi connectivity index (χ0v) is 34.7. The topological polar surface area (TPSA) is 78.9 Å². The van der Waals surface area contributed by atoms with Crippen molar-refractivity contribution in [3.05, 3.63) is 0 Å². The number of rotatable bonds is 39. The van der Waals surface area contributed by atoms with Crippen molar-refractivity contribution in [2.75, 3.05) is 13.2 Å². The predicted molar refractivity (Wildman–Crippen MR) is 215 cm³/mol. The van der Waals surface area contributed by atoms with Gasteiger partial charge in [0.25, 0.3) is 0 Å². The maximum atomic E-state index is 12.6. The van der Waals surface area contributed by atoms with Gasteiger partial charge < -0.3 is 14.2 Å². The summed E-state index contributed by atoms with van der Waals surface area (Å²) < 4.78 is 16.6. The molecule has 0 spiro atoms. The second-order valence-electron chi connectivity index (χ2n) is 16.3. The van der Waals surface area contributed by atoms with Gasteiger partial charge in [-0.05, 0) is 31.1 Å². The van der Waals surface area contributed by atoms with E-state index >= 15 is 0 Å². The molecule has 302 valence electrons. The molecule has 0 aliphatic heterocycles. The number of carbonyl (C=O) groups is 3. The number of ether oxygens (including phenoxy) is 3. The van der Waals surface area contributed by atoms with Crippen molar-refractivity contribution in [1.29, 1.82) is 0 Å². The fourth-order valence-electron chi connectivity index (χ4n) is 6.58. The molecule has 0 aromatic rings. The summed E-state index contributed by atoms with van der Waals surface area (Å²) in [4.78, 5) is 37.5. The molecule has 0 saturated heterocycles. The average molecular weight is 723 g/mol. The van der Waals surface area contributed by atoms with Gasteiger partial charge in [0, 0.05) is 19.3 Å². The first kappa shape index (κ1) is 49.4. The van der Waals surface area contributed by atoms with Crippen LogP contribution < -0.4 is 0 Å². The Labute approximate surface area is 317 Å². The highest BCUT2D eigenvalue weighted by Crippen LogP contribution is 2.16. The first-order valence-corrected chi connectivity index (χ1v) is 22.2. The number of unbranched alkanes of at least 4 members (excludes halogenated alkanes) is 24. The molecule has 0 aliphatic rings. The van der Waals surface area contributed by atoms with Crippen LogP contribution in [-0.4, -0.2) is 37.2 Å². The van der Waals surface area contributed by atoms with Crippen LogP contribution in [-0.2, 0) is 28.6 Å². The molecule has 51 heavy (non-hydrogen) atoms. The van der Waals surface area contributed by atoms with Crippen molar-refractivity contribution < 1.29 is 28.6 Å². The van der Waals surface area contributed by atoms with Crippen LogP contribution >= 0.6 is 0 Å².